The summed E-state index contributed by atoms with van der Waals surface area (Å²) in [5, 5.41) is 18.2. The van der Waals surface area contributed by atoms with Gasteiger partial charge in [0, 0.05) is 5.56 Å². The van der Waals surface area contributed by atoms with Crippen molar-refractivity contribution in [2.45, 2.75) is 19.4 Å². The fourth-order valence-corrected chi connectivity index (χ4v) is 1.89. The van der Waals surface area contributed by atoms with E-state index in [1.165, 1.54) is 0 Å². The molecule has 0 aliphatic carbocycles. The SMILES string of the molecule is CC(C)[SiH2]C#Cc1ccccc1B(O)O. The Labute approximate surface area is 93.3 Å². The van der Waals surface area contributed by atoms with Crippen LogP contribution in [0.1, 0.15) is 19.4 Å². The Morgan fingerprint density at radius 3 is 2.53 bits per heavy atom. The summed E-state index contributed by atoms with van der Waals surface area (Å²) >= 11 is 0. The molecule has 1 rings (SSSR count). The summed E-state index contributed by atoms with van der Waals surface area (Å²) in [6.45, 7) is 4.32. The van der Waals surface area contributed by atoms with Crippen LogP contribution in [0.3, 0.4) is 0 Å². The van der Waals surface area contributed by atoms with Gasteiger partial charge in [-0.15, -0.1) is 5.54 Å². The van der Waals surface area contributed by atoms with Crippen molar-refractivity contribution >= 4 is 22.1 Å². The molecule has 0 radical (unpaired) electrons. The predicted molar refractivity (Wildman–Crippen MR) is 66.8 cm³/mol. The normalized spacial score (nSPS) is 10.5. The third kappa shape index (κ3) is 3.92. The molecule has 2 N–H and O–H groups in total. The fourth-order valence-electron chi connectivity index (χ4n) is 1.19. The van der Waals surface area contributed by atoms with Crippen molar-refractivity contribution in [2.24, 2.45) is 0 Å². The van der Waals surface area contributed by atoms with Crippen LogP contribution in [0.25, 0.3) is 0 Å². The van der Waals surface area contributed by atoms with Crippen LogP contribution in [0, 0.1) is 11.5 Å². The van der Waals surface area contributed by atoms with Crippen LogP contribution in [0.4, 0.5) is 0 Å². The lowest BCUT2D eigenvalue weighted by Crippen LogP contribution is -2.32. The van der Waals surface area contributed by atoms with Crippen LogP contribution in [0.2, 0.25) is 5.54 Å². The average molecular weight is 218 g/mol. The maximum atomic E-state index is 9.11. The highest BCUT2D eigenvalue weighted by molar-refractivity contribution is 6.59. The third-order valence-corrected chi connectivity index (χ3v) is 3.17. The van der Waals surface area contributed by atoms with E-state index < -0.39 is 7.12 Å². The summed E-state index contributed by atoms with van der Waals surface area (Å²) in [6, 6.07) is 7.13. The Hall–Kier alpha value is -1.02. The molecule has 0 amide bonds. The largest absolute Gasteiger partial charge is 0.489 e. The van der Waals surface area contributed by atoms with Crippen molar-refractivity contribution < 1.29 is 10.0 Å². The monoisotopic (exact) mass is 218 g/mol. The molecule has 78 valence electrons. The van der Waals surface area contributed by atoms with Crippen LogP contribution >= 0.6 is 0 Å². The molecule has 1 aromatic carbocycles. The van der Waals surface area contributed by atoms with Gasteiger partial charge in [-0.2, -0.15) is 0 Å². The quantitative estimate of drug-likeness (QED) is 0.527. The molecule has 2 nitrogen and oxygen atoms in total. The Balaban J connectivity index is 2.87. The lowest BCUT2D eigenvalue weighted by molar-refractivity contribution is 0.425. The first kappa shape index (κ1) is 12.1. The third-order valence-electron chi connectivity index (χ3n) is 1.97. The minimum atomic E-state index is -1.43. The van der Waals surface area contributed by atoms with Crippen molar-refractivity contribution in [1.82, 2.24) is 0 Å². The lowest BCUT2D eigenvalue weighted by atomic mass is 9.77. The zero-order valence-corrected chi connectivity index (χ0v) is 10.5. The Morgan fingerprint density at radius 2 is 1.93 bits per heavy atom. The maximum absolute atomic E-state index is 9.11. The first-order valence-corrected chi connectivity index (χ1v) is 6.57. The van der Waals surface area contributed by atoms with Gasteiger partial charge in [0.1, 0.15) is 9.52 Å². The molecular formula is C11H15BO2Si. The van der Waals surface area contributed by atoms with Gasteiger partial charge in [-0.1, -0.05) is 38.0 Å². The molecule has 15 heavy (non-hydrogen) atoms. The summed E-state index contributed by atoms with van der Waals surface area (Å²) in [4.78, 5) is 0. The zero-order chi connectivity index (χ0) is 11.3. The molecule has 0 aliphatic rings. The second kappa shape index (κ2) is 5.76. The van der Waals surface area contributed by atoms with Crippen LogP contribution in [-0.4, -0.2) is 26.7 Å². The number of hydrogen-bond acceptors (Lipinski definition) is 2. The highest BCUT2D eigenvalue weighted by Gasteiger charge is 2.13. The molecule has 0 saturated heterocycles. The number of benzene rings is 1. The van der Waals surface area contributed by atoms with Crippen molar-refractivity contribution in [3.8, 4) is 11.5 Å². The summed E-state index contributed by atoms with van der Waals surface area (Å²) in [5.41, 5.74) is 5.04. The Morgan fingerprint density at radius 1 is 1.27 bits per heavy atom. The minimum Gasteiger partial charge on any atom is -0.423 e. The van der Waals surface area contributed by atoms with Crippen molar-refractivity contribution in [2.75, 3.05) is 0 Å². The molecule has 4 heteroatoms. The molecule has 0 heterocycles. The van der Waals surface area contributed by atoms with Gasteiger partial charge < -0.3 is 10.0 Å². The molecule has 0 spiro atoms. The van der Waals surface area contributed by atoms with E-state index in [2.05, 4.69) is 25.3 Å². The smallest absolute Gasteiger partial charge is 0.423 e. The first-order chi connectivity index (χ1) is 7.11. The first-order valence-electron chi connectivity index (χ1n) is 5.05. The maximum Gasteiger partial charge on any atom is 0.489 e. The molecular weight excluding hydrogens is 203 g/mol. The molecule has 0 fully saturated rings. The number of rotatable bonds is 2. The summed E-state index contributed by atoms with van der Waals surface area (Å²) in [5.74, 6) is 3.02. The second-order valence-corrected chi connectivity index (χ2v) is 6.26. The van der Waals surface area contributed by atoms with Gasteiger partial charge in [0.2, 0.25) is 0 Å². The van der Waals surface area contributed by atoms with Gasteiger partial charge in [-0.3, -0.25) is 0 Å². The topological polar surface area (TPSA) is 40.5 Å². The van der Waals surface area contributed by atoms with Crippen molar-refractivity contribution in [3.63, 3.8) is 0 Å². The van der Waals surface area contributed by atoms with E-state index in [0.29, 0.717) is 11.0 Å². The highest BCUT2D eigenvalue weighted by atomic mass is 28.2. The van der Waals surface area contributed by atoms with E-state index >= 15 is 0 Å². The van der Waals surface area contributed by atoms with Gasteiger partial charge >= 0.3 is 7.12 Å². The molecule has 0 atom stereocenters. The lowest BCUT2D eigenvalue weighted by Gasteiger charge is -2.01. The van der Waals surface area contributed by atoms with Crippen LogP contribution < -0.4 is 5.46 Å². The average Bonchev–Trinajstić information content (AvgIpc) is 2.17. The van der Waals surface area contributed by atoms with Gasteiger partial charge in [-0.05, 0) is 17.1 Å². The Kier molecular flexibility index (Phi) is 4.63. The summed E-state index contributed by atoms with van der Waals surface area (Å²) in [6.07, 6.45) is 0. The molecule has 0 aliphatic heterocycles. The number of hydrogen-bond donors (Lipinski definition) is 2. The van der Waals surface area contributed by atoms with Gasteiger partial charge in [0.25, 0.3) is 0 Å². The van der Waals surface area contributed by atoms with E-state index in [4.69, 9.17) is 10.0 Å². The van der Waals surface area contributed by atoms with Crippen LogP contribution in [0.15, 0.2) is 24.3 Å². The standard InChI is InChI=1S/C11H15BO2Si/c1-9(2)15-8-7-10-5-3-4-6-11(10)12(13)14/h3-6,9,13-14H,15H2,1-2H3. The second-order valence-electron chi connectivity index (χ2n) is 3.86. The zero-order valence-electron chi connectivity index (χ0n) is 9.07. The molecule has 0 saturated carbocycles. The molecule has 0 aromatic heterocycles. The van der Waals surface area contributed by atoms with Crippen molar-refractivity contribution in [1.29, 1.82) is 0 Å². The highest BCUT2D eigenvalue weighted by Crippen LogP contribution is 1.97. The van der Waals surface area contributed by atoms with Crippen LogP contribution in [-0.2, 0) is 0 Å². The molecule has 0 unspecified atom stereocenters. The summed E-state index contributed by atoms with van der Waals surface area (Å²) in [7, 11) is -1.80. The van der Waals surface area contributed by atoms with Gasteiger partial charge in [0.05, 0.1) is 0 Å². The summed E-state index contributed by atoms with van der Waals surface area (Å²) < 4.78 is 0. The van der Waals surface area contributed by atoms with Gasteiger partial charge in [-0.25, -0.2) is 0 Å². The van der Waals surface area contributed by atoms with E-state index in [9.17, 15) is 0 Å². The molecule has 0 bridgehead atoms. The van der Waals surface area contributed by atoms with E-state index in [1.54, 1.807) is 12.1 Å². The minimum absolute atomic E-state index is 0.363. The van der Waals surface area contributed by atoms with Crippen molar-refractivity contribution in [3.05, 3.63) is 29.8 Å². The van der Waals surface area contributed by atoms with Crippen LogP contribution in [0.5, 0.6) is 0 Å². The predicted octanol–water partition coefficient (Wildman–Crippen LogP) is -0.328. The van der Waals surface area contributed by atoms with E-state index in [1.807, 2.05) is 12.1 Å². The molecule has 1 aromatic rings. The fraction of sp³-hybridized carbons (Fsp3) is 0.273. The van der Waals surface area contributed by atoms with E-state index in [0.717, 1.165) is 5.56 Å². The van der Waals surface area contributed by atoms with Gasteiger partial charge in [0.15, 0.2) is 0 Å². The van der Waals surface area contributed by atoms with E-state index in [-0.39, 0.29) is 9.52 Å². The Bertz CT molecular complexity index is 380.